The predicted molar refractivity (Wildman–Crippen MR) is 127 cm³/mol. The number of hydrogen-bond donors (Lipinski definition) is 2. The van der Waals surface area contributed by atoms with Crippen LogP contribution in [0.2, 0.25) is 0 Å². The Morgan fingerprint density at radius 2 is 1.54 bits per heavy atom. The number of alkyl halides is 6. The van der Waals surface area contributed by atoms with Gasteiger partial charge in [0.1, 0.15) is 6.26 Å². The van der Waals surface area contributed by atoms with Gasteiger partial charge in [0, 0.05) is 45.2 Å². The minimum atomic E-state index is -5.07. The van der Waals surface area contributed by atoms with E-state index in [2.05, 4.69) is 15.6 Å². The number of nitrogens with zero attached hydrogens (tertiary/aromatic N) is 2. The molecule has 1 aromatic carbocycles. The highest BCUT2D eigenvalue weighted by molar-refractivity contribution is 5.92. The zero-order valence-electron chi connectivity index (χ0n) is 21.4. The first kappa shape index (κ1) is 31.9. The number of anilines is 1. The van der Waals surface area contributed by atoms with Crippen molar-refractivity contribution in [3.8, 4) is 0 Å². The molecule has 0 saturated carbocycles. The first-order valence-electron chi connectivity index (χ1n) is 12.1. The number of halogens is 6. The standard InChI is InChI=1S/C24H30F6N4O5/c1-3-37-9-5-7-31-21(35)19-15-39-20(33-19)14-34(8-6-10-38-4-2)22(36)32-18-12-16(23(25,26)27)11-17(13-18)24(28,29)30/h11-13,15H,3-10,14H2,1-2H3,(H,31,35)(H,32,36). The molecule has 0 spiro atoms. The summed E-state index contributed by atoms with van der Waals surface area (Å²) >= 11 is 0. The van der Waals surface area contributed by atoms with E-state index in [0.29, 0.717) is 51.3 Å². The zero-order valence-corrected chi connectivity index (χ0v) is 21.4. The topological polar surface area (TPSA) is 106 Å². The van der Waals surface area contributed by atoms with Gasteiger partial charge in [-0.3, -0.25) is 4.79 Å². The molecule has 2 N–H and O–H groups in total. The molecule has 0 radical (unpaired) electrons. The van der Waals surface area contributed by atoms with Crippen molar-refractivity contribution < 1.29 is 49.8 Å². The second kappa shape index (κ2) is 14.7. The number of rotatable bonds is 14. The maximum Gasteiger partial charge on any atom is 0.416 e. The molecule has 0 bridgehead atoms. The lowest BCUT2D eigenvalue weighted by molar-refractivity contribution is -0.143. The summed E-state index contributed by atoms with van der Waals surface area (Å²) < 4.78 is 94.8. The monoisotopic (exact) mass is 568 g/mol. The van der Waals surface area contributed by atoms with Crippen LogP contribution in [0.4, 0.5) is 36.8 Å². The van der Waals surface area contributed by atoms with Crippen molar-refractivity contribution in [1.82, 2.24) is 15.2 Å². The van der Waals surface area contributed by atoms with Gasteiger partial charge in [-0.15, -0.1) is 0 Å². The molecule has 2 aromatic rings. The Bertz CT molecular complexity index is 1040. The number of aromatic nitrogens is 1. The summed E-state index contributed by atoms with van der Waals surface area (Å²) in [7, 11) is 0. The highest BCUT2D eigenvalue weighted by Crippen LogP contribution is 2.37. The van der Waals surface area contributed by atoms with Gasteiger partial charge in [0.05, 0.1) is 17.7 Å². The number of carbonyl (C=O) groups is 2. The fraction of sp³-hybridized carbons (Fsp3) is 0.542. The lowest BCUT2D eigenvalue weighted by Crippen LogP contribution is -2.36. The van der Waals surface area contributed by atoms with Gasteiger partial charge in [0.2, 0.25) is 5.89 Å². The molecule has 0 fully saturated rings. The van der Waals surface area contributed by atoms with Crippen molar-refractivity contribution in [2.75, 3.05) is 44.8 Å². The molecular weight excluding hydrogens is 538 g/mol. The molecule has 0 saturated heterocycles. The quantitative estimate of drug-likeness (QED) is 0.236. The molecule has 0 aliphatic heterocycles. The van der Waals surface area contributed by atoms with Gasteiger partial charge in [-0.25, -0.2) is 9.78 Å². The second-order valence-electron chi connectivity index (χ2n) is 8.13. The first-order chi connectivity index (χ1) is 18.3. The number of carbonyl (C=O) groups excluding carboxylic acids is 2. The molecule has 1 heterocycles. The third-order valence-electron chi connectivity index (χ3n) is 5.11. The number of oxazole rings is 1. The van der Waals surface area contributed by atoms with E-state index >= 15 is 0 Å². The maximum atomic E-state index is 13.2. The molecule has 2 rings (SSSR count). The Morgan fingerprint density at radius 1 is 0.949 bits per heavy atom. The van der Waals surface area contributed by atoms with E-state index in [1.54, 1.807) is 6.92 Å². The van der Waals surface area contributed by atoms with Crippen LogP contribution in [0.5, 0.6) is 0 Å². The molecule has 3 amide bonds. The van der Waals surface area contributed by atoms with Gasteiger partial charge in [0.25, 0.3) is 5.91 Å². The van der Waals surface area contributed by atoms with E-state index in [1.807, 2.05) is 6.92 Å². The largest absolute Gasteiger partial charge is 0.446 e. The van der Waals surface area contributed by atoms with Crippen molar-refractivity contribution >= 4 is 17.6 Å². The highest BCUT2D eigenvalue weighted by atomic mass is 19.4. The molecule has 1 aromatic heterocycles. The molecule has 9 nitrogen and oxygen atoms in total. The average molecular weight is 569 g/mol. The molecule has 0 unspecified atom stereocenters. The molecular formula is C24H30F6N4O5. The molecule has 15 heteroatoms. The molecule has 0 aliphatic carbocycles. The predicted octanol–water partition coefficient (Wildman–Crippen LogP) is 5.33. The summed E-state index contributed by atoms with van der Waals surface area (Å²) in [5.41, 5.74) is -3.90. The summed E-state index contributed by atoms with van der Waals surface area (Å²) in [6, 6.07) is -0.222. The Balaban J connectivity index is 2.17. The minimum Gasteiger partial charge on any atom is -0.446 e. The van der Waals surface area contributed by atoms with Crippen molar-refractivity contribution in [2.24, 2.45) is 0 Å². The van der Waals surface area contributed by atoms with Gasteiger partial charge in [-0.1, -0.05) is 0 Å². The van der Waals surface area contributed by atoms with Crippen LogP contribution in [-0.4, -0.2) is 61.3 Å². The van der Waals surface area contributed by atoms with Gasteiger partial charge >= 0.3 is 18.4 Å². The Labute approximate surface area is 220 Å². The first-order valence-corrected chi connectivity index (χ1v) is 12.1. The fourth-order valence-corrected chi connectivity index (χ4v) is 3.25. The Morgan fingerprint density at radius 3 is 2.10 bits per heavy atom. The van der Waals surface area contributed by atoms with Crippen LogP contribution in [0.15, 0.2) is 28.9 Å². The average Bonchev–Trinajstić information content (AvgIpc) is 3.33. The minimum absolute atomic E-state index is 0.00173. The van der Waals surface area contributed by atoms with E-state index < -0.39 is 41.1 Å². The van der Waals surface area contributed by atoms with E-state index in [4.69, 9.17) is 13.9 Å². The van der Waals surface area contributed by atoms with Crippen molar-refractivity contribution in [1.29, 1.82) is 0 Å². The van der Waals surface area contributed by atoms with E-state index in [1.165, 1.54) is 0 Å². The van der Waals surface area contributed by atoms with Crippen LogP contribution in [0.1, 0.15) is 54.2 Å². The van der Waals surface area contributed by atoms with Crippen LogP contribution < -0.4 is 10.6 Å². The summed E-state index contributed by atoms with van der Waals surface area (Å²) in [6.45, 7) is 5.25. The van der Waals surface area contributed by atoms with E-state index in [-0.39, 0.29) is 37.3 Å². The summed E-state index contributed by atoms with van der Waals surface area (Å²) in [4.78, 5) is 30.3. The number of amides is 3. The van der Waals surface area contributed by atoms with Crippen molar-refractivity contribution in [2.45, 2.75) is 45.6 Å². The fourth-order valence-electron chi connectivity index (χ4n) is 3.25. The molecule has 0 atom stereocenters. The number of nitrogens with one attached hydrogen (secondary N) is 2. The molecule has 0 aliphatic rings. The highest BCUT2D eigenvalue weighted by Gasteiger charge is 2.37. The summed E-state index contributed by atoms with van der Waals surface area (Å²) in [5, 5.41) is 4.72. The van der Waals surface area contributed by atoms with E-state index in [9.17, 15) is 35.9 Å². The van der Waals surface area contributed by atoms with Gasteiger partial charge < -0.3 is 29.4 Å². The molecule has 39 heavy (non-hydrogen) atoms. The normalized spacial score (nSPS) is 11.9. The van der Waals surface area contributed by atoms with Crippen LogP contribution in [0.25, 0.3) is 0 Å². The Kier molecular flexibility index (Phi) is 12.0. The number of hydrogen-bond acceptors (Lipinski definition) is 6. The van der Waals surface area contributed by atoms with Crippen LogP contribution in [-0.2, 0) is 28.4 Å². The summed E-state index contributed by atoms with van der Waals surface area (Å²) in [5.74, 6) is -0.599. The number of ether oxygens (including phenoxy) is 2. The lowest BCUT2D eigenvalue weighted by atomic mass is 10.1. The zero-order chi connectivity index (χ0) is 29.1. The van der Waals surface area contributed by atoms with Crippen LogP contribution in [0.3, 0.4) is 0 Å². The van der Waals surface area contributed by atoms with Crippen molar-refractivity contribution in [3.05, 3.63) is 47.2 Å². The summed E-state index contributed by atoms with van der Waals surface area (Å²) in [6.07, 6.45) is -8.20. The Hall–Kier alpha value is -3.33. The number of benzene rings is 1. The number of urea groups is 1. The van der Waals surface area contributed by atoms with E-state index in [0.717, 1.165) is 11.2 Å². The third kappa shape index (κ3) is 10.8. The lowest BCUT2D eigenvalue weighted by Gasteiger charge is -2.22. The maximum absolute atomic E-state index is 13.2. The van der Waals surface area contributed by atoms with Crippen LogP contribution >= 0.6 is 0 Å². The third-order valence-corrected chi connectivity index (χ3v) is 5.11. The van der Waals surface area contributed by atoms with Crippen molar-refractivity contribution in [3.63, 3.8) is 0 Å². The smallest absolute Gasteiger partial charge is 0.416 e. The van der Waals surface area contributed by atoms with Gasteiger partial charge in [-0.2, -0.15) is 26.3 Å². The SMILES string of the molecule is CCOCCCNC(=O)c1coc(CN(CCCOCC)C(=O)Nc2cc(C(F)(F)F)cc(C(F)(F)F)c2)n1. The van der Waals surface area contributed by atoms with Gasteiger partial charge in [-0.05, 0) is 44.9 Å². The second-order valence-corrected chi connectivity index (χ2v) is 8.13. The molecule has 218 valence electrons. The van der Waals surface area contributed by atoms with Gasteiger partial charge in [0.15, 0.2) is 5.69 Å². The van der Waals surface area contributed by atoms with Crippen LogP contribution in [0, 0.1) is 0 Å².